The second-order valence-electron chi connectivity index (χ2n) is 5.65. The topological polar surface area (TPSA) is 20.3 Å². The van der Waals surface area contributed by atoms with Gasteiger partial charge in [0.15, 0.2) is 0 Å². The summed E-state index contributed by atoms with van der Waals surface area (Å²) in [6.45, 7) is 1.80. The molecular weight excluding hydrogens is 258 g/mol. The summed E-state index contributed by atoms with van der Waals surface area (Å²) in [7, 11) is 0. The molecule has 2 aromatic carbocycles. The van der Waals surface area contributed by atoms with Crippen molar-refractivity contribution in [2.45, 2.75) is 25.7 Å². The predicted molar refractivity (Wildman–Crippen MR) is 86.2 cm³/mol. The Morgan fingerprint density at radius 1 is 0.714 bits per heavy atom. The number of carbonyl (C=O) groups excluding carboxylic acids is 1. The van der Waals surface area contributed by atoms with Crippen LogP contribution in [0, 0.1) is 0 Å². The summed E-state index contributed by atoms with van der Waals surface area (Å²) in [5.41, 5.74) is 3.14. The van der Waals surface area contributed by atoms with Crippen molar-refractivity contribution in [2.24, 2.45) is 0 Å². The molecule has 2 heteroatoms. The van der Waals surface area contributed by atoms with E-state index in [1.54, 1.807) is 0 Å². The van der Waals surface area contributed by atoms with E-state index in [2.05, 4.69) is 12.1 Å². The van der Waals surface area contributed by atoms with Gasteiger partial charge in [-0.1, -0.05) is 55.3 Å². The standard InChI is InChI=1S/C19H21NO/c21-19(20-14-6-1-2-7-15-20)18-12-10-17(11-13-18)16-8-4-3-5-9-16/h3-5,8-13H,1-2,6-7,14-15H2. The van der Waals surface area contributed by atoms with E-state index in [0.29, 0.717) is 0 Å². The van der Waals surface area contributed by atoms with Crippen LogP contribution in [0.25, 0.3) is 11.1 Å². The zero-order valence-corrected chi connectivity index (χ0v) is 12.3. The molecule has 3 rings (SSSR count). The number of amides is 1. The lowest BCUT2D eigenvalue weighted by molar-refractivity contribution is 0.0761. The van der Waals surface area contributed by atoms with Gasteiger partial charge in [0.1, 0.15) is 0 Å². The average molecular weight is 279 g/mol. The van der Waals surface area contributed by atoms with Crippen molar-refractivity contribution in [1.29, 1.82) is 0 Å². The van der Waals surface area contributed by atoms with Gasteiger partial charge in [-0.25, -0.2) is 0 Å². The maximum atomic E-state index is 12.5. The minimum atomic E-state index is 0.177. The minimum Gasteiger partial charge on any atom is -0.339 e. The third-order valence-corrected chi connectivity index (χ3v) is 4.13. The summed E-state index contributed by atoms with van der Waals surface area (Å²) >= 11 is 0. The maximum Gasteiger partial charge on any atom is 0.253 e. The van der Waals surface area contributed by atoms with Crippen molar-refractivity contribution in [3.05, 3.63) is 60.2 Å². The highest BCUT2D eigenvalue weighted by Crippen LogP contribution is 2.20. The van der Waals surface area contributed by atoms with Gasteiger partial charge in [-0.2, -0.15) is 0 Å². The molecule has 0 aliphatic carbocycles. The number of hydrogen-bond donors (Lipinski definition) is 0. The van der Waals surface area contributed by atoms with Crippen LogP contribution in [0.4, 0.5) is 0 Å². The Morgan fingerprint density at radius 3 is 1.90 bits per heavy atom. The fraction of sp³-hybridized carbons (Fsp3) is 0.316. The van der Waals surface area contributed by atoms with Crippen LogP contribution in [0.15, 0.2) is 54.6 Å². The smallest absolute Gasteiger partial charge is 0.253 e. The summed E-state index contributed by atoms with van der Waals surface area (Å²) in [4.78, 5) is 14.5. The first kappa shape index (κ1) is 13.9. The van der Waals surface area contributed by atoms with Crippen molar-refractivity contribution in [3.8, 4) is 11.1 Å². The fourth-order valence-electron chi connectivity index (χ4n) is 2.89. The van der Waals surface area contributed by atoms with Crippen molar-refractivity contribution >= 4 is 5.91 Å². The summed E-state index contributed by atoms with van der Waals surface area (Å²) in [6, 6.07) is 18.3. The molecule has 0 bridgehead atoms. The van der Waals surface area contributed by atoms with Crippen LogP contribution in [0.1, 0.15) is 36.0 Å². The van der Waals surface area contributed by atoms with Gasteiger partial charge < -0.3 is 4.90 Å². The van der Waals surface area contributed by atoms with E-state index in [-0.39, 0.29) is 5.91 Å². The summed E-state index contributed by atoms with van der Waals surface area (Å²) in [6.07, 6.45) is 4.76. The van der Waals surface area contributed by atoms with Crippen LogP contribution < -0.4 is 0 Å². The zero-order chi connectivity index (χ0) is 14.5. The molecule has 0 atom stereocenters. The molecule has 2 nitrogen and oxygen atoms in total. The van der Waals surface area contributed by atoms with Gasteiger partial charge in [0.25, 0.3) is 5.91 Å². The van der Waals surface area contributed by atoms with Gasteiger partial charge in [-0.15, -0.1) is 0 Å². The van der Waals surface area contributed by atoms with E-state index in [4.69, 9.17) is 0 Å². The Morgan fingerprint density at radius 2 is 1.29 bits per heavy atom. The highest BCUT2D eigenvalue weighted by molar-refractivity contribution is 5.94. The quantitative estimate of drug-likeness (QED) is 0.799. The summed E-state index contributed by atoms with van der Waals surface area (Å²) < 4.78 is 0. The van der Waals surface area contributed by atoms with Crippen molar-refractivity contribution in [3.63, 3.8) is 0 Å². The van der Waals surface area contributed by atoms with Gasteiger partial charge in [0, 0.05) is 18.7 Å². The Balaban J connectivity index is 1.76. The van der Waals surface area contributed by atoms with Crippen molar-refractivity contribution in [2.75, 3.05) is 13.1 Å². The normalized spacial score (nSPS) is 15.5. The van der Waals surface area contributed by atoms with E-state index in [1.807, 2.05) is 47.4 Å². The molecule has 0 unspecified atom stereocenters. The van der Waals surface area contributed by atoms with Gasteiger partial charge in [0.2, 0.25) is 0 Å². The zero-order valence-electron chi connectivity index (χ0n) is 12.3. The van der Waals surface area contributed by atoms with Crippen molar-refractivity contribution in [1.82, 2.24) is 4.90 Å². The van der Waals surface area contributed by atoms with E-state index < -0.39 is 0 Å². The van der Waals surface area contributed by atoms with Crippen LogP contribution in [0.3, 0.4) is 0 Å². The number of nitrogens with zero attached hydrogens (tertiary/aromatic N) is 1. The molecule has 0 spiro atoms. The Labute approximate surface area is 126 Å². The van der Waals surface area contributed by atoms with Crippen LogP contribution in [0.5, 0.6) is 0 Å². The van der Waals surface area contributed by atoms with Gasteiger partial charge >= 0.3 is 0 Å². The molecule has 0 N–H and O–H groups in total. The largest absolute Gasteiger partial charge is 0.339 e. The first-order chi connectivity index (χ1) is 10.3. The monoisotopic (exact) mass is 279 g/mol. The molecule has 1 heterocycles. The van der Waals surface area contributed by atoms with Crippen LogP contribution in [0.2, 0.25) is 0 Å². The Kier molecular flexibility index (Phi) is 4.34. The molecule has 1 fully saturated rings. The van der Waals surface area contributed by atoms with Gasteiger partial charge in [-0.05, 0) is 36.1 Å². The molecule has 108 valence electrons. The second-order valence-corrected chi connectivity index (χ2v) is 5.65. The second kappa shape index (κ2) is 6.57. The molecule has 0 saturated carbocycles. The van der Waals surface area contributed by atoms with Gasteiger partial charge in [0.05, 0.1) is 0 Å². The number of hydrogen-bond acceptors (Lipinski definition) is 1. The average Bonchev–Trinajstić information content (AvgIpc) is 2.84. The SMILES string of the molecule is O=C(c1ccc(-c2ccccc2)cc1)N1CCCCCC1. The summed E-state index contributed by atoms with van der Waals surface area (Å²) in [5.74, 6) is 0.177. The van der Waals surface area contributed by atoms with Crippen LogP contribution in [-0.4, -0.2) is 23.9 Å². The van der Waals surface area contributed by atoms with Gasteiger partial charge in [-0.3, -0.25) is 4.79 Å². The minimum absolute atomic E-state index is 0.177. The first-order valence-electron chi connectivity index (χ1n) is 7.79. The molecule has 1 amide bonds. The Hall–Kier alpha value is -2.09. The lowest BCUT2D eigenvalue weighted by Gasteiger charge is -2.20. The van der Waals surface area contributed by atoms with E-state index in [0.717, 1.165) is 37.1 Å². The lowest BCUT2D eigenvalue weighted by atomic mass is 10.0. The van der Waals surface area contributed by atoms with E-state index in [9.17, 15) is 4.79 Å². The van der Waals surface area contributed by atoms with E-state index in [1.165, 1.54) is 18.4 Å². The summed E-state index contributed by atoms with van der Waals surface area (Å²) in [5, 5.41) is 0. The van der Waals surface area contributed by atoms with Crippen molar-refractivity contribution < 1.29 is 4.79 Å². The molecule has 0 radical (unpaired) electrons. The fourth-order valence-corrected chi connectivity index (χ4v) is 2.89. The first-order valence-corrected chi connectivity index (χ1v) is 7.79. The lowest BCUT2D eigenvalue weighted by Crippen LogP contribution is -2.31. The molecule has 1 aliphatic rings. The molecule has 2 aromatic rings. The van der Waals surface area contributed by atoms with E-state index >= 15 is 0 Å². The number of benzene rings is 2. The third-order valence-electron chi connectivity index (χ3n) is 4.13. The number of likely N-dealkylation sites (tertiary alicyclic amines) is 1. The highest BCUT2D eigenvalue weighted by atomic mass is 16.2. The molecule has 1 saturated heterocycles. The number of carbonyl (C=O) groups is 1. The van der Waals surface area contributed by atoms with Crippen LogP contribution in [-0.2, 0) is 0 Å². The molecule has 0 aromatic heterocycles. The molecular formula is C19H21NO. The maximum absolute atomic E-state index is 12.5. The third kappa shape index (κ3) is 3.33. The number of rotatable bonds is 2. The van der Waals surface area contributed by atoms with Crippen LogP contribution >= 0.6 is 0 Å². The highest BCUT2D eigenvalue weighted by Gasteiger charge is 2.16. The molecule has 21 heavy (non-hydrogen) atoms. The molecule has 1 aliphatic heterocycles. The predicted octanol–water partition coefficient (Wildman–Crippen LogP) is 4.37. The Bertz CT molecular complexity index is 581.